The van der Waals surface area contributed by atoms with Gasteiger partial charge in [-0.05, 0) is 51.0 Å². The highest BCUT2D eigenvalue weighted by Crippen LogP contribution is 2.15. The van der Waals surface area contributed by atoms with Gasteiger partial charge in [-0.1, -0.05) is 0 Å². The number of aromatic nitrogens is 3. The number of piperidine rings is 1. The van der Waals surface area contributed by atoms with Crippen molar-refractivity contribution in [3.05, 3.63) is 41.5 Å². The molecule has 1 aromatic heterocycles. The number of aryl methyl sites for hydroxylation is 2. The first-order chi connectivity index (χ1) is 10.5. The van der Waals surface area contributed by atoms with E-state index in [0.717, 1.165) is 36.7 Å². The molecule has 6 heteroatoms. The summed E-state index contributed by atoms with van der Waals surface area (Å²) in [5.41, 5.74) is 7.54. The fourth-order valence-electron chi connectivity index (χ4n) is 2.89. The minimum Gasteiger partial charge on any atom is -0.337 e. The molecule has 2 N–H and O–H groups in total. The highest BCUT2D eigenvalue weighted by atomic mass is 16.2. The van der Waals surface area contributed by atoms with E-state index in [2.05, 4.69) is 10.1 Å². The number of amides is 1. The molecule has 0 bridgehead atoms. The average Bonchev–Trinajstić information content (AvgIpc) is 2.85. The number of nitrogens with zero attached hydrogens (tertiary/aromatic N) is 4. The first-order valence-corrected chi connectivity index (χ1v) is 7.60. The van der Waals surface area contributed by atoms with E-state index in [1.165, 1.54) is 0 Å². The van der Waals surface area contributed by atoms with Crippen LogP contribution in [0.15, 0.2) is 24.3 Å². The van der Waals surface area contributed by atoms with Crippen LogP contribution in [-0.2, 0) is 0 Å². The van der Waals surface area contributed by atoms with Crippen LogP contribution in [-0.4, -0.2) is 44.7 Å². The lowest BCUT2D eigenvalue weighted by atomic mass is 10.1. The van der Waals surface area contributed by atoms with Crippen molar-refractivity contribution in [3.63, 3.8) is 0 Å². The van der Waals surface area contributed by atoms with E-state index in [1.54, 1.807) is 4.68 Å². The summed E-state index contributed by atoms with van der Waals surface area (Å²) in [5, 5.41) is 4.35. The Morgan fingerprint density at radius 2 is 2.00 bits per heavy atom. The predicted octanol–water partition coefficient (Wildman–Crippen LogP) is 1.45. The Labute approximate surface area is 129 Å². The Kier molecular flexibility index (Phi) is 3.94. The number of carbonyl (C=O) groups excluding carboxylic acids is 1. The van der Waals surface area contributed by atoms with Crippen LogP contribution in [0.3, 0.4) is 0 Å². The molecule has 1 unspecified atom stereocenters. The summed E-state index contributed by atoms with van der Waals surface area (Å²) in [6.45, 7) is 5.20. The van der Waals surface area contributed by atoms with E-state index in [1.807, 2.05) is 43.0 Å². The summed E-state index contributed by atoms with van der Waals surface area (Å²) in [5.74, 6) is 1.62. The van der Waals surface area contributed by atoms with Crippen LogP contribution in [0.1, 0.15) is 34.8 Å². The maximum Gasteiger partial charge on any atom is 0.253 e. The van der Waals surface area contributed by atoms with Gasteiger partial charge in [0, 0.05) is 24.7 Å². The van der Waals surface area contributed by atoms with Gasteiger partial charge in [-0.25, -0.2) is 9.67 Å². The maximum absolute atomic E-state index is 12.5. The van der Waals surface area contributed by atoms with Crippen molar-refractivity contribution < 1.29 is 4.79 Å². The average molecular weight is 299 g/mol. The number of carbonyl (C=O) groups is 1. The third-order valence-corrected chi connectivity index (χ3v) is 3.98. The summed E-state index contributed by atoms with van der Waals surface area (Å²) in [6, 6.07) is 7.58. The number of nitrogens with two attached hydrogens (primary N) is 1. The van der Waals surface area contributed by atoms with Crippen LogP contribution in [0.25, 0.3) is 5.69 Å². The number of likely N-dealkylation sites (tertiary alicyclic amines) is 1. The van der Waals surface area contributed by atoms with Crippen molar-refractivity contribution in [2.24, 2.45) is 5.73 Å². The van der Waals surface area contributed by atoms with Crippen LogP contribution >= 0.6 is 0 Å². The van der Waals surface area contributed by atoms with E-state index >= 15 is 0 Å². The maximum atomic E-state index is 12.5. The fourth-order valence-corrected chi connectivity index (χ4v) is 2.89. The number of hydrogen-bond donors (Lipinski definition) is 1. The molecule has 0 saturated carbocycles. The van der Waals surface area contributed by atoms with Gasteiger partial charge in [0.1, 0.15) is 11.6 Å². The lowest BCUT2D eigenvalue weighted by Crippen LogP contribution is -2.45. The Morgan fingerprint density at radius 3 is 2.59 bits per heavy atom. The van der Waals surface area contributed by atoms with Crippen molar-refractivity contribution in [1.29, 1.82) is 0 Å². The fraction of sp³-hybridized carbons (Fsp3) is 0.438. The Bertz CT molecular complexity index is 676. The van der Waals surface area contributed by atoms with Gasteiger partial charge in [-0.2, -0.15) is 5.10 Å². The Hall–Kier alpha value is -2.21. The van der Waals surface area contributed by atoms with Crippen molar-refractivity contribution in [2.45, 2.75) is 32.7 Å². The zero-order valence-electron chi connectivity index (χ0n) is 13.0. The predicted molar refractivity (Wildman–Crippen MR) is 83.9 cm³/mol. The van der Waals surface area contributed by atoms with Crippen LogP contribution in [0.2, 0.25) is 0 Å². The summed E-state index contributed by atoms with van der Waals surface area (Å²) in [7, 11) is 0. The molecule has 1 atom stereocenters. The topological polar surface area (TPSA) is 77.0 Å². The van der Waals surface area contributed by atoms with E-state index in [-0.39, 0.29) is 11.9 Å². The summed E-state index contributed by atoms with van der Waals surface area (Å²) in [4.78, 5) is 18.6. The van der Waals surface area contributed by atoms with Crippen LogP contribution in [0.5, 0.6) is 0 Å². The van der Waals surface area contributed by atoms with E-state index in [0.29, 0.717) is 12.1 Å². The summed E-state index contributed by atoms with van der Waals surface area (Å²) in [6.07, 6.45) is 1.97. The molecule has 1 aliphatic rings. The van der Waals surface area contributed by atoms with E-state index in [4.69, 9.17) is 5.73 Å². The van der Waals surface area contributed by atoms with Crippen molar-refractivity contribution in [1.82, 2.24) is 19.7 Å². The molecule has 116 valence electrons. The molecule has 6 nitrogen and oxygen atoms in total. The second-order valence-electron chi connectivity index (χ2n) is 5.82. The molecule has 1 aliphatic heterocycles. The second-order valence-corrected chi connectivity index (χ2v) is 5.82. The minimum absolute atomic E-state index is 0.0493. The summed E-state index contributed by atoms with van der Waals surface area (Å²) >= 11 is 0. The summed E-state index contributed by atoms with van der Waals surface area (Å²) < 4.78 is 1.78. The second kappa shape index (κ2) is 5.88. The Balaban J connectivity index is 1.79. The number of hydrogen-bond acceptors (Lipinski definition) is 4. The van der Waals surface area contributed by atoms with Gasteiger partial charge in [0.2, 0.25) is 0 Å². The van der Waals surface area contributed by atoms with Gasteiger partial charge < -0.3 is 10.6 Å². The van der Waals surface area contributed by atoms with Gasteiger partial charge in [-0.15, -0.1) is 0 Å². The molecule has 0 radical (unpaired) electrons. The van der Waals surface area contributed by atoms with Crippen LogP contribution in [0.4, 0.5) is 0 Å². The molecule has 1 saturated heterocycles. The molecular formula is C16H21N5O. The highest BCUT2D eigenvalue weighted by molar-refractivity contribution is 5.94. The zero-order valence-corrected chi connectivity index (χ0v) is 13.0. The minimum atomic E-state index is 0.0493. The molecule has 2 heterocycles. The largest absolute Gasteiger partial charge is 0.337 e. The quantitative estimate of drug-likeness (QED) is 0.910. The zero-order chi connectivity index (χ0) is 15.7. The van der Waals surface area contributed by atoms with Crippen LogP contribution < -0.4 is 5.73 Å². The van der Waals surface area contributed by atoms with E-state index < -0.39 is 0 Å². The first kappa shape index (κ1) is 14.7. The normalized spacial score (nSPS) is 18.5. The van der Waals surface area contributed by atoms with E-state index in [9.17, 15) is 4.79 Å². The molecule has 3 rings (SSSR count). The third-order valence-electron chi connectivity index (χ3n) is 3.98. The molecular weight excluding hydrogens is 278 g/mol. The van der Waals surface area contributed by atoms with Crippen molar-refractivity contribution in [2.75, 3.05) is 13.1 Å². The molecule has 22 heavy (non-hydrogen) atoms. The number of benzene rings is 1. The van der Waals surface area contributed by atoms with Gasteiger partial charge in [0.25, 0.3) is 5.91 Å². The Morgan fingerprint density at radius 1 is 1.27 bits per heavy atom. The highest BCUT2D eigenvalue weighted by Gasteiger charge is 2.22. The van der Waals surface area contributed by atoms with Crippen molar-refractivity contribution >= 4 is 5.91 Å². The first-order valence-electron chi connectivity index (χ1n) is 7.60. The van der Waals surface area contributed by atoms with Crippen LogP contribution in [0, 0.1) is 13.8 Å². The van der Waals surface area contributed by atoms with Gasteiger partial charge in [0.05, 0.1) is 5.69 Å². The number of rotatable bonds is 2. The standard InChI is InChI=1S/C16H21N5O/c1-11-18-12(2)21(19-11)15-7-5-13(6-8-15)16(22)20-9-3-4-14(17)10-20/h5-8,14H,3-4,9-10,17H2,1-2H3. The smallest absolute Gasteiger partial charge is 0.253 e. The monoisotopic (exact) mass is 299 g/mol. The molecule has 1 amide bonds. The van der Waals surface area contributed by atoms with Gasteiger partial charge in [-0.3, -0.25) is 4.79 Å². The van der Waals surface area contributed by atoms with Gasteiger partial charge >= 0.3 is 0 Å². The van der Waals surface area contributed by atoms with Crippen molar-refractivity contribution in [3.8, 4) is 5.69 Å². The SMILES string of the molecule is Cc1nc(C)n(-c2ccc(C(=O)N3CCCC(N)C3)cc2)n1. The third kappa shape index (κ3) is 2.87. The molecule has 0 spiro atoms. The molecule has 1 fully saturated rings. The molecule has 1 aromatic carbocycles. The molecule has 2 aromatic rings. The lowest BCUT2D eigenvalue weighted by molar-refractivity contribution is 0.0709. The molecule has 0 aliphatic carbocycles. The lowest BCUT2D eigenvalue weighted by Gasteiger charge is -2.30. The van der Waals surface area contributed by atoms with Gasteiger partial charge in [0.15, 0.2) is 0 Å².